The predicted octanol–water partition coefficient (Wildman–Crippen LogP) is 5.09. The van der Waals surface area contributed by atoms with Crippen molar-refractivity contribution in [1.82, 2.24) is 0 Å². The molecule has 0 aromatic heterocycles. The molecule has 0 spiro atoms. The van der Waals surface area contributed by atoms with Crippen LogP contribution in [0.5, 0.6) is 0 Å². The van der Waals surface area contributed by atoms with Gasteiger partial charge in [0, 0.05) is 10.5 Å². The smallest absolute Gasteiger partial charge is 0.0638 e. The van der Waals surface area contributed by atoms with Gasteiger partial charge >= 0.3 is 0 Å². The van der Waals surface area contributed by atoms with Gasteiger partial charge in [-0.25, -0.2) is 0 Å². The van der Waals surface area contributed by atoms with Crippen molar-refractivity contribution >= 4 is 33.2 Å². The predicted molar refractivity (Wildman–Crippen MR) is 74.2 cm³/mol. The molecule has 1 saturated carbocycles. The second kappa shape index (κ2) is 5.42. The molecular formula is C13H17BrClN. The van der Waals surface area contributed by atoms with E-state index in [0.717, 1.165) is 21.1 Å². The average Bonchev–Trinajstić information content (AvgIpc) is 2.27. The lowest BCUT2D eigenvalue weighted by Crippen LogP contribution is -2.25. The highest BCUT2D eigenvalue weighted by molar-refractivity contribution is 9.10. The molecule has 1 fully saturated rings. The van der Waals surface area contributed by atoms with E-state index in [1.54, 1.807) is 0 Å². The van der Waals surface area contributed by atoms with Crippen molar-refractivity contribution in [2.75, 3.05) is 5.32 Å². The van der Waals surface area contributed by atoms with Crippen LogP contribution in [0.15, 0.2) is 22.7 Å². The second-order valence-electron chi connectivity index (χ2n) is 4.73. The highest BCUT2D eigenvalue weighted by Gasteiger charge is 2.18. The lowest BCUT2D eigenvalue weighted by atomic mass is 9.87. The van der Waals surface area contributed by atoms with E-state index in [9.17, 15) is 0 Å². The Morgan fingerprint density at radius 2 is 1.94 bits per heavy atom. The average molecular weight is 303 g/mol. The second-order valence-corrected chi connectivity index (χ2v) is 6.05. The fraction of sp³-hybridized carbons (Fsp3) is 0.538. The Kier molecular flexibility index (Phi) is 4.15. The van der Waals surface area contributed by atoms with Crippen LogP contribution in [0.25, 0.3) is 0 Å². The fourth-order valence-corrected chi connectivity index (χ4v) is 2.77. The third kappa shape index (κ3) is 3.14. The summed E-state index contributed by atoms with van der Waals surface area (Å²) in [6.07, 6.45) is 5.15. The summed E-state index contributed by atoms with van der Waals surface area (Å²) in [6.45, 7) is 2.34. The van der Waals surface area contributed by atoms with Crippen molar-refractivity contribution < 1.29 is 0 Å². The van der Waals surface area contributed by atoms with Gasteiger partial charge in [-0.2, -0.15) is 0 Å². The largest absolute Gasteiger partial charge is 0.381 e. The summed E-state index contributed by atoms with van der Waals surface area (Å²) in [5, 5.41) is 4.36. The first kappa shape index (κ1) is 12.3. The maximum Gasteiger partial charge on any atom is 0.0638 e. The maximum absolute atomic E-state index is 6.16. The van der Waals surface area contributed by atoms with Crippen LogP contribution in [0.3, 0.4) is 0 Å². The molecule has 16 heavy (non-hydrogen) atoms. The third-order valence-electron chi connectivity index (χ3n) is 3.30. The number of rotatable bonds is 2. The third-order valence-corrected chi connectivity index (χ3v) is 4.13. The first-order valence-electron chi connectivity index (χ1n) is 5.87. The Morgan fingerprint density at radius 3 is 2.62 bits per heavy atom. The van der Waals surface area contributed by atoms with E-state index in [1.165, 1.54) is 25.7 Å². The SMILES string of the molecule is CC1CCC(Nc2cc(Br)ccc2Cl)CC1. The maximum atomic E-state index is 6.16. The van der Waals surface area contributed by atoms with Gasteiger partial charge in [0.2, 0.25) is 0 Å². The van der Waals surface area contributed by atoms with Gasteiger partial charge in [-0.1, -0.05) is 34.5 Å². The molecule has 0 amide bonds. The molecule has 0 radical (unpaired) electrons. The molecule has 3 heteroatoms. The number of hydrogen-bond donors (Lipinski definition) is 1. The molecule has 0 aliphatic heterocycles. The van der Waals surface area contributed by atoms with Crippen molar-refractivity contribution in [2.24, 2.45) is 5.92 Å². The minimum atomic E-state index is 0.586. The molecule has 1 nitrogen and oxygen atoms in total. The van der Waals surface area contributed by atoms with Gasteiger partial charge in [0.25, 0.3) is 0 Å². The molecule has 0 bridgehead atoms. The highest BCUT2D eigenvalue weighted by atomic mass is 79.9. The molecule has 1 aromatic carbocycles. The lowest BCUT2D eigenvalue weighted by Gasteiger charge is -2.28. The minimum Gasteiger partial charge on any atom is -0.381 e. The number of hydrogen-bond acceptors (Lipinski definition) is 1. The Morgan fingerprint density at radius 1 is 1.25 bits per heavy atom. The van der Waals surface area contributed by atoms with Crippen molar-refractivity contribution in [3.05, 3.63) is 27.7 Å². The minimum absolute atomic E-state index is 0.586. The molecule has 88 valence electrons. The molecule has 1 aliphatic rings. The topological polar surface area (TPSA) is 12.0 Å². The van der Waals surface area contributed by atoms with Crippen molar-refractivity contribution in [2.45, 2.75) is 38.6 Å². The van der Waals surface area contributed by atoms with Gasteiger partial charge in [0.1, 0.15) is 0 Å². The van der Waals surface area contributed by atoms with Gasteiger partial charge in [-0.3, -0.25) is 0 Å². The van der Waals surface area contributed by atoms with Gasteiger partial charge in [0.05, 0.1) is 10.7 Å². The first-order chi connectivity index (χ1) is 7.65. The Labute approximate surface area is 111 Å². The van der Waals surface area contributed by atoms with E-state index in [2.05, 4.69) is 34.2 Å². The van der Waals surface area contributed by atoms with E-state index in [-0.39, 0.29) is 0 Å². The summed E-state index contributed by atoms with van der Waals surface area (Å²) in [6, 6.07) is 6.54. The zero-order valence-electron chi connectivity index (χ0n) is 9.47. The number of halogens is 2. The first-order valence-corrected chi connectivity index (χ1v) is 7.04. The summed E-state index contributed by atoms with van der Waals surface area (Å²) in [5.41, 5.74) is 1.05. The lowest BCUT2D eigenvalue weighted by molar-refractivity contribution is 0.361. The van der Waals surface area contributed by atoms with Crippen molar-refractivity contribution in [3.8, 4) is 0 Å². The zero-order chi connectivity index (χ0) is 11.5. The Bertz CT molecular complexity index is 359. The van der Waals surface area contributed by atoms with Crippen LogP contribution < -0.4 is 5.32 Å². The normalized spacial score (nSPS) is 25.4. The van der Waals surface area contributed by atoms with Crippen LogP contribution in [0.1, 0.15) is 32.6 Å². The summed E-state index contributed by atoms with van der Waals surface area (Å²) < 4.78 is 1.07. The van der Waals surface area contributed by atoms with Crippen molar-refractivity contribution in [1.29, 1.82) is 0 Å². The highest BCUT2D eigenvalue weighted by Crippen LogP contribution is 2.30. The van der Waals surface area contributed by atoms with Crippen LogP contribution in [0, 0.1) is 5.92 Å². The van der Waals surface area contributed by atoms with Gasteiger partial charge in [-0.15, -0.1) is 0 Å². The zero-order valence-corrected chi connectivity index (χ0v) is 11.8. The van der Waals surface area contributed by atoms with Gasteiger partial charge < -0.3 is 5.32 Å². The number of anilines is 1. The van der Waals surface area contributed by atoms with Crippen LogP contribution in [-0.4, -0.2) is 6.04 Å². The van der Waals surface area contributed by atoms with E-state index >= 15 is 0 Å². The Balaban J connectivity index is 2.00. The van der Waals surface area contributed by atoms with E-state index in [4.69, 9.17) is 11.6 Å². The molecule has 1 N–H and O–H groups in total. The van der Waals surface area contributed by atoms with Crippen LogP contribution in [0.2, 0.25) is 5.02 Å². The van der Waals surface area contributed by atoms with E-state index in [1.807, 2.05) is 12.1 Å². The van der Waals surface area contributed by atoms with Crippen molar-refractivity contribution in [3.63, 3.8) is 0 Å². The van der Waals surface area contributed by atoms with Crippen LogP contribution >= 0.6 is 27.5 Å². The summed E-state index contributed by atoms with van der Waals surface area (Å²) in [5.74, 6) is 0.885. The van der Waals surface area contributed by atoms with Crippen LogP contribution in [-0.2, 0) is 0 Å². The number of nitrogens with one attached hydrogen (secondary N) is 1. The number of benzene rings is 1. The Hall–Kier alpha value is -0.210. The summed E-state index contributed by atoms with van der Waals surface area (Å²) >= 11 is 9.63. The van der Waals surface area contributed by atoms with Gasteiger partial charge in [-0.05, 0) is 49.8 Å². The molecule has 2 rings (SSSR count). The molecular weight excluding hydrogens is 286 g/mol. The van der Waals surface area contributed by atoms with Crippen LogP contribution in [0.4, 0.5) is 5.69 Å². The molecule has 0 heterocycles. The monoisotopic (exact) mass is 301 g/mol. The fourth-order valence-electron chi connectivity index (χ4n) is 2.23. The van der Waals surface area contributed by atoms with E-state index in [0.29, 0.717) is 6.04 Å². The quantitative estimate of drug-likeness (QED) is 0.802. The standard InChI is InChI=1S/C13H17BrClN/c1-9-2-5-11(6-3-9)16-13-8-10(14)4-7-12(13)15/h4,7-9,11,16H,2-3,5-6H2,1H3. The molecule has 0 unspecified atom stereocenters. The molecule has 0 atom stereocenters. The molecule has 0 saturated heterocycles. The summed E-state index contributed by atoms with van der Waals surface area (Å²) in [4.78, 5) is 0. The summed E-state index contributed by atoms with van der Waals surface area (Å²) in [7, 11) is 0. The molecule has 1 aliphatic carbocycles. The van der Waals surface area contributed by atoms with Gasteiger partial charge in [0.15, 0.2) is 0 Å². The molecule has 1 aromatic rings. The van der Waals surface area contributed by atoms with E-state index < -0.39 is 0 Å².